The number of morpholine rings is 1. The Morgan fingerprint density at radius 1 is 1.20 bits per heavy atom. The minimum atomic E-state index is 0.548. The van der Waals surface area contributed by atoms with Crippen molar-refractivity contribution in [3.63, 3.8) is 0 Å². The van der Waals surface area contributed by atoms with Crippen LogP contribution in [0.3, 0.4) is 0 Å². The van der Waals surface area contributed by atoms with Gasteiger partial charge in [0, 0.05) is 38.9 Å². The van der Waals surface area contributed by atoms with Crippen LogP contribution in [0, 0.1) is 0 Å². The van der Waals surface area contributed by atoms with Crippen LogP contribution in [-0.2, 0) is 11.3 Å². The number of ether oxygens (including phenoxy) is 1. The van der Waals surface area contributed by atoms with E-state index in [1.165, 1.54) is 0 Å². The molecule has 0 bridgehead atoms. The van der Waals surface area contributed by atoms with Gasteiger partial charge in [-0.3, -0.25) is 14.5 Å². The predicted octanol–water partition coefficient (Wildman–Crippen LogP) is 0.265. The van der Waals surface area contributed by atoms with Gasteiger partial charge in [-0.25, -0.2) is 0 Å². The molecule has 0 spiro atoms. The van der Waals surface area contributed by atoms with Crippen LogP contribution in [0.1, 0.15) is 5.82 Å². The fourth-order valence-corrected chi connectivity index (χ4v) is 2.72. The number of aromatic nitrogens is 3. The van der Waals surface area contributed by atoms with Crippen LogP contribution >= 0.6 is 0 Å². The molecule has 1 saturated heterocycles. The summed E-state index contributed by atoms with van der Waals surface area (Å²) in [5, 5.41) is 14.8. The van der Waals surface area contributed by atoms with E-state index in [0.717, 1.165) is 56.9 Å². The van der Waals surface area contributed by atoms with Crippen molar-refractivity contribution in [1.29, 1.82) is 0 Å². The maximum absolute atomic E-state index is 5.36. The molecule has 1 aromatic carbocycles. The maximum atomic E-state index is 5.36. The van der Waals surface area contributed by atoms with Crippen molar-refractivity contribution in [1.82, 2.24) is 30.3 Å². The van der Waals surface area contributed by atoms with E-state index in [1.54, 1.807) is 13.4 Å². The number of guanidine groups is 1. The van der Waals surface area contributed by atoms with Crippen LogP contribution in [0.4, 0.5) is 0 Å². The Morgan fingerprint density at radius 2 is 2.00 bits per heavy atom. The minimum Gasteiger partial charge on any atom is -0.379 e. The molecule has 0 aliphatic carbocycles. The second kappa shape index (κ2) is 9.14. The predicted molar refractivity (Wildman–Crippen MR) is 96.8 cm³/mol. The van der Waals surface area contributed by atoms with Crippen molar-refractivity contribution < 1.29 is 4.74 Å². The van der Waals surface area contributed by atoms with E-state index in [9.17, 15) is 0 Å². The van der Waals surface area contributed by atoms with Gasteiger partial charge in [0.05, 0.1) is 19.8 Å². The van der Waals surface area contributed by atoms with E-state index >= 15 is 0 Å². The monoisotopic (exact) mass is 343 g/mol. The Morgan fingerprint density at radius 3 is 2.76 bits per heavy atom. The summed E-state index contributed by atoms with van der Waals surface area (Å²) in [5.74, 6) is 1.60. The zero-order valence-electron chi connectivity index (χ0n) is 14.6. The molecule has 0 atom stereocenters. The van der Waals surface area contributed by atoms with Gasteiger partial charge < -0.3 is 15.4 Å². The Hall–Kier alpha value is -2.45. The molecule has 2 aromatic rings. The van der Waals surface area contributed by atoms with Gasteiger partial charge in [-0.2, -0.15) is 0 Å². The number of nitrogens with zero attached hydrogens (tertiary/aromatic N) is 5. The largest absolute Gasteiger partial charge is 0.379 e. The highest BCUT2D eigenvalue weighted by Gasteiger charge is 2.10. The maximum Gasteiger partial charge on any atom is 0.191 e. The lowest BCUT2D eigenvalue weighted by atomic mass is 10.3. The Balaban J connectivity index is 1.48. The van der Waals surface area contributed by atoms with Gasteiger partial charge in [0.25, 0.3) is 0 Å². The van der Waals surface area contributed by atoms with Crippen LogP contribution in [0.15, 0.2) is 41.7 Å². The van der Waals surface area contributed by atoms with Crippen molar-refractivity contribution in [2.45, 2.75) is 6.54 Å². The molecule has 2 N–H and O–H groups in total. The second-order valence-electron chi connectivity index (χ2n) is 5.76. The third-order valence-corrected chi connectivity index (χ3v) is 4.11. The molecule has 1 aliphatic rings. The molecule has 134 valence electrons. The molecule has 2 heterocycles. The van der Waals surface area contributed by atoms with Crippen LogP contribution < -0.4 is 10.6 Å². The first-order valence-electron chi connectivity index (χ1n) is 8.56. The molecule has 8 nitrogen and oxygen atoms in total. The molecule has 0 amide bonds. The molecule has 3 rings (SSSR count). The molecular weight excluding hydrogens is 318 g/mol. The first kappa shape index (κ1) is 17.4. The molecule has 1 aliphatic heterocycles. The number of rotatable bonds is 6. The van der Waals surface area contributed by atoms with Crippen LogP contribution in [0.2, 0.25) is 0 Å². The van der Waals surface area contributed by atoms with Crippen LogP contribution in [-0.4, -0.2) is 72.1 Å². The Labute approximate surface area is 147 Å². The lowest BCUT2D eigenvalue weighted by molar-refractivity contribution is 0.0389. The van der Waals surface area contributed by atoms with Gasteiger partial charge in [0.1, 0.15) is 6.33 Å². The summed E-state index contributed by atoms with van der Waals surface area (Å²) < 4.78 is 7.33. The highest BCUT2D eigenvalue weighted by molar-refractivity contribution is 5.79. The van der Waals surface area contributed by atoms with E-state index in [0.29, 0.717) is 6.54 Å². The van der Waals surface area contributed by atoms with E-state index in [1.807, 2.05) is 34.9 Å². The second-order valence-corrected chi connectivity index (χ2v) is 5.76. The highest BCUT2D eigenvalue weighted by Crippen LogP contribution is 2.08. The van der Waals surface area contributed by atoms with E-state index in [4.69, 9.17) is 4.74 Å². The number of hydrogen-bond donors (Lipinski definition) is 2. The van der Waals surface area contributed by atoms with E-state index in [-0.39, 0.29) is 0 Å². The molecule has 0 radical (unpaired) electrons. The SMILES string of the molecule is CN=C(NCCN1CCOCC1)NCc1nncn1-c1ccccc1. The van der Waals surface area contributed by atoms with Crippen molar-refractivity contribution in [2.75, 3.05) is 46.4 Å². The van der Waals surface area contributed by atoms with Gasteiger partial charge in [-0.15, -0.1) is 10.2 Å². The molecule has 1 fully saturated rings. The molecule has 1 aromatic heterocycles. The van der Waals surface area contributed by atoms with Crippen molar-refractivity contribution in [3.05, 3.63) is 42.5 Å². The fourth-order valence-electron chi connectivity index (χ4n) is 2.72. The smallest absolute Gasteiger partial charge is 0.191 e. The average molecular weight is 343 g/mol. The van der Waals surface area contributed by atoms with Crippen molar-refractivity contribution >= 4 is 5.96 Å². The van der Waals surface area contributed by atoms with Crippen LogP contribution in [0.25, 0.3) is 5.69 Å². The molecule has 0 saturated carbocycles. The topological polar surface area (TPSA) is 79.6 Å². The van der Waals surface area contributed by atoms with E-state index in [2.05, 4.69) is 30.7 Å². The minimum absolute atomic E-state index is 0.548. The third-order valence-electron chi connectivity index (χ3n) is 4.11. The van der Waals surface area contributed by atoms with Crippen molar-refractivity contribution in [3.8, 4) is 5.69 Å². The highest BCUT2D eigenvalue weighted by atomic mass is 16.5. The summed E-state index contributed by atoms with van der Waals surface area (Å²) in [4.78, 5) is 6.65. The lowest BCUT2D eigenvalue weighted by Crippen LogP contribution is -2.44. The van der Waals surface area contributed by atoms with Crippen LogP contribution in [0.5, 0.6) is 0 Å². The quantitative estimate of drug-likeness (QED) is 0.579. The lowest BCUT2D eigenvalue weighted by Gasteiger charge is -2.26. The number of para-hydroxylation sites is 1. The summed E-state index contributed by atoms with van der Waals surface area (Å²) in [5.41, 5.74) is 1.04. The van der Waals surface area contributed by atoms with Gasteiger partial charge >= 0.3 is 0 Å². The molecule has 25 heavy (non-hydrogen) atoms. The van der Waals surface area contributed by atoms with Gasteiger partial charge in [-0.1, -0.05) is 18.2 Å². The Bertz CT molecular complexity index is 665. The normalized spacial score (nSPS) is 16.0. The zero-order chi connectivity index (χ0) is 17.3. The number of nitrogens with one attached hydrogen (secondary N) is 2. The molecule has 8 heteroatoms. The summed E-state index contributed by atoms with van der Waals surface area (Å²) >= 11 is 0. The molecular formula is C17H25N7O. The number of aliphatic imine (C=N–C) groups is 1. The number of benzene rings is 1. The zero-order valence-corrected chi connectivity index (χ0v) is 14.6. The average Bonchev–Trinajstić information content (AvgIpc) is 3.14. The fraction of sp³-hybridized carbons (Fsp3) is 0.471. The number of hydrogen-bond acceptors (Lipinski definition) is 5. The first-order valence-corrected chi connectivity index (χ1v) is 8.56. The summed E-state index contributed by atoms with van der Waals surface area (Å²) in [6, 6.07) is 10.0. The van der Waals surface area contributed by atoms with E-state index < -0.39 is 0 Å². The summed E-state index contributed by atoms with van der Waals surface area (Å²) in [6.45, 7) is 5.99. The third kappa shape index (κ3) is 5.01. The summed E-state index contributed by atoms with van der Waals surface area (Å²) in [6.07, 6.45) is 1.72. The Kier molecular flexibility index (Phi) is 6.35. The van der Waals surface area contributed by atoms with Gasteiger partial charge in [0.2, 0.25) is 0 Å². The van der Waals surface area contributed by atoms with Gasteiger partial charge in [0.15, 0.2) is 11.8 Å². The first-order chi connectivity index (χ1) is 12.4. The molecule has 0 unspecified atom stereocenters. The standard InChI is InChI=1S/C17H25N7O/c1-18-17(19-7-8-23-9-11-25-12-10-23)20-13-16-22-21-14-24(16)15-5-3-2-4-6-15/h2-6,14H,7-13H2,1H3,(H2,18,19,20). The van der Waals surface area contributed by atoms with Gasteiger partial charge in [-0.05, 0) is 12.1 Å². The van der Waals surface area contributed by atoms with Crippen molar-refractivity contribution in [2.24, 2.45) is 4.99 Å². The summed E-state index contributed by atoms with van der Waals surface area (Å²) in [7, 11) is 1.77.